The van der Waals surface area contributed by atoms with Crippen LogP contribution >= 0.6 is 0 Å². The van der Waals surface area contributed by atoms with Crippen LogP contribution < -0.4 is 15.4 Å². The van der Waals surface area contributed by atoms with Crippen molar-refractivity contribution in [2.75, 3.05) is 18.5 Å². The van der Waals surface area contributed by atoms with E-state index in [1.807, 2.05) is 18.2 Å². The van der Waals surface area contributed by atoms with Crippen LogP contribution in [0.15, 0.2) is 42.6 Å². The van der Waals surface area contributed by atoms with Crippen LogP contribution in [0.5, 0.6) is 5.75 Å². The van der Waals surface area contributed by atoms with Gasteiger partial charge in [0.05, 0.1) is 0 Å². The smallest absolute Gasteiger partial charge is 0.319 e. The van der Waals surface area contributed by atoms with Crippen LogP contribution in [-0.4, -0.2) is 30.6 Å². The van der Waals surface area contributed by atoms with Crippen molar-refractivity contribution < 1.29 is 18.3 Å². The number of ether oxygens (including phenoxy) is 1. The molecular weight excluding hydrogens is 316 g/mol. The van der Waals surface area contributed by atoms with E-state index in [0.717, 1.165) is 11.3 Å². The molecule has 0 aliphatic heterocycles. The highest BCUT2D eigenvalue weighted by Crippen LogP contribution is 2.23. The number of pyridine rings is 1. The molecule has 0 saturated heterocycles. The van der Waals surface area contributed by atoms with Gasteiger partial charge in [-0.15, -0.1) is 0 Å². The van der Waals surface area contributed by atoms with Crippen molar-refractivity contribution >= 4 is 11.7 Å². The Morgan fingerprint density at radius 1 is 1.29 bits per heavy atom. The SMILES string of the molecule is Cc1ccc(NC(=O)NCCc2ccccn2)cc1OCC(F)F. The third-order valence-corrected chi connectivity index (χ3v) is 3.20. The number of nitrogens with zero attached hydrogens (tertiary/aromatic N) is 1. The Balaban J connectivity index is 1.83. The zero-order chi connectivity index (χ0) is 17.4. The number of nitrogens with one attached hydrogen (secondary N) is 2. The van der Waals surface area contributed by atoms with E-state index in [9.17, 15) is 13.6 Å². The number of aromatic nitrogens is 1. The van der Waals surface area contributed by atoms with E-state index < -0.39 is 13.0 Å². The second-order valence-corrected chi connectivity index (χ2v) is 5.13. The van der Waals surface area contributed by atoms with Crippen LogP contribution in [0.1, 0.15) is 11.3 Å². The molecule has 7 heteroatoms. The second kappa shape index (κ2) is 8.81. The van der Waals surface area contributed by atoms with Crippen molar-refractivity contribution in [3.63, 3.8) is 0 Å². The van der Waals surface area contributed by atoms with E-state index in [0.29, 0.717) is 24.4 Å². The maximum absolute atomic E-state index is 12.2. The van der Waals surface area contributed by atoms with Crippen molar-refractivity contribution in [2.45, 2.75) is 19.8 Å². The Hall–Kier alpha value is -2.70. The number of hydrogen-bond donors (Lipinski definition) is 2. The van der Waals surface area contributed by atoms with Gasteiger partial charge in [-0.05, 0) is 30.7 Å². The minimum Gasteiger partial charge on any atom is -0.487 e. The molecule has 1 aromatic heterocycles. The van der Waals surface area contributed by atoms with Gasteiger partial charge in [-0.2, -0.15) is 0 Å². The average Bonchev–Trinajstić information content (AvgIpc) is 2.56. The fourth-order valence-electron chi connectivity index (χ4n) is 2.01. The number of anilines is 1. The number of aryl methyl sites for hydroxylation is 1. The summed E-state index contributed by atoms with van der Waals surface area (Å²) in [5, 5.41) is 5.36. The Kier molecular flexibility index (Phi) is 6.48. The van der Waals surface area contributed by atoms with E-state index in [1.54, 1.807) is 25.3 Å². The van der Waals surface area contributed by atoms with Crippen LogP contribution in [0.4, 0.5) is 19.3 Å². The molecule has 0 bridgehead atoms. The quantitative estimate of drug-likeness (QED) is 0.815. The van der Waals surface area contributed by atoms with Gasteiger partial charge in [0, 0.05) is 36.6 Å². The van der Waals surface area contributed by atoms with Crippen LogP contribution in [0.25, 0.3) is 0 Å². The number of amides is 2. The van der Waals surface area contributed by atoms with E-state index in [2.05, 4.69) is 15.6 Å². The lowest BCUT2D eigenvalue weighted by Gasteiger charge is -2.12. The second-order valence-electron chi connectivity index (χ2n) is 5.13. The molecule has 5 nitrogen and oxygen atoms in total. The minimum absolute atomic E-state index is 0.321. The van der Waals surface area contributed by atoms with Crippen molar-refractivity contribution in [1.82, 2.24) is 10.3 Å². The van der Waals surface area contributed by atoms with Crippen LogP contribution in [0.2, 0.25) is 0 Å². The molecule has 1 aromatic carbocycles. The molecule has 128 valence electrons. The predicted octanol–water partition coefficient (Wildman–Crippen LogP) is 3.40. The standard InChI is InChI=1S/C17H19F2N3O2/c1-12-5-6-14(10-15(12)24-11-16(18)19)22-17(23)21-9-7-13-4-2-3-8-20-13/h2-6,8,10,16H,7,9,11H2,1H3,(H2,21,22,23). The van der Waals surface area contributed by atoms with Gasteiger partial charge in [-0.1, -0.05) is 12.1 Å². The number of benzene rings is 1. The normalized spacial score (nSPS) is 10.5. The average molecular weight is 335 g/mol. The first kappa shape index (κ1) is 17.7. The first-order valence-electron chi connectivity index (χ1n) is 7.51. The molecule has 0 aliphatic carbocycles. The number of urea groups is 1. The van der Waals surface area contributed by atoms with Crippen molar-refractivity contribution in [3.05, 3.63) is 53.9 Å². The predicted molar refractivity (Wildman–Crippen MR) is 87.6 cm³/mol. The molecule has 0 saturated carbocycles. The molecule has 0 fully saturated rings. The molecule has 0 radical (unpaired) electrons. The Labute approximate surface area is 139 Å². The fourth-order valence-corrected chi connectivity index (χ4v) is 2.01. The van der Waals surface area contributed by atoms with Gasteiger partial charge in [-0.3, -0.25) is 4.98 Å². The van der Waals surface area contributed by atoms with Crippen LogP contribution in [0.3, 0.4) is 0 Å². The zero-order valence-corrected chi connectivity index (χ0v) is 13.3. The fraction of sp³-hybridized carbons (Fsp3) is 0.294. The van der Waals surface area contributed by atoms with Gasteiger partial charge in [-0.25, -0.2) is 13.6 Å². The van der Waals surface area contributed by atoms with Crippen molar-refractivity contribution in [2.24, 2.45) is 0 Å². The van der Waals surface area contributed by atoms with E-state index in [1.165, 1.54) is 6.07 Å². The van der Waals surface area contributed by atoms with Gasteiger partial charge in [0.2, 0.25) is 0 Å². The number of alkyl halides is 2. The number of carbonyl (C=O) groups excluding carboxylic acids is 1. The molecule has 24 heavy (non-hydrogen) atoms. The summed E-state index contributed by atoms with van der Waals surface area (Å²) in [4.78, 5) is 16.0. The van der Waals surface area contributed by atoms with E-state index in [-0.39, 0.29) is 6.03 Å². The summed E-state index contributed by atoms with van der Waals surface area (Å²) in [5.41, 5.74) is 2.08. The largest absolute Gasteiger partial charge is 0.487 e. The molecule has 2 amide bonds. The summed E-state index contributed by atoms with van der Waals surface area (Å²) >= 11 is 0. The van der Waals surface area contributed by atoms with Gasteiger partial charge in [0.15, 0.2) is 0 Å². The maximum atomic E-state index is 12.2. The Bertz CT molecular complexity index is 666. The molecule has 2 N–H and O–H groups in total. The number of hydrogen-bond acceptors (Lipinski definition) is 3. The first-order valence-corrected chi connectivity index (χ1v) is 7.51. The van der Waals surface area contributed by atoms with Gasteiger partial charge in [0.1, 0.15) is 12.4 Å². The molecular formula is C17H19F2N3O2. The van der Waals surface area contributed by atoms with Gasteiger partial charge in [0.25, 0.3) is 6.43 Å². The summed E-state index contributed by atoms with van der Waals surface area (Å²) in [6.45, 7) is 1.50. The zero-order valence-electron chi connectivity index (χ0n) is 13.3. The van der Waals surface area contributed by atoms with Crippen LogP contribution in [0, 0.1) is 6.92 Å². The highest BCUT2D eigenvalue weighted by molar-refractivity contribution is 5.89. The molecule has 0 unspecified atom stereocenters. The summed E-state index contributed by atoms with van der Waals surface area (Å²) in [5.74, 6) is 0.321. The highest BCUT2D eigenvalue weighted by Gasteiger charge is 2.08. The molecule has 2 aromatic rings. The van der Waals surface area contributed by atoms with Gasteiger partial charge < -0.3 is 15.4 Å². The molecule has 0 spiro atoms. The maximum Gasteiger partial charge on any atom is 0.319 e. The van der Waals surface area contributed by atoms with E-state index in [4.69, 9.17) is 4.74 Å². The van der Waals surface area contributed by atoms with Crippen molar-refractivity contribution in [1.29, 1.82) is 0 Å². The lowest BCUT2D eigenvalue weighted by Crippen LogP contribution is -2.30. The first-order chi connectivity index (χ1) is 11.5. The van der Waals surface area contributed by atoms with Gasteiger partial charge >= 0.3 is 6.03 Å². The Morgan fingerprint density at radius 2 is 2.12 bits per heavy atom. The summed E-state index contributed by atoms with van der Waals surface area (Å²) < 4.78 is 29.5. The third kappa shape index (κ3) is 5.83. The molecule has 1 heterocycles. The number of halogens is 2. The lowest BCUT2D eigenvalue weighted by molar-refractivity contribution is 0.0816. The number of rotatable bonds is 7. The monoisotopic (exact) mass is 335 g/mol. The van der Waals surface area contributed by atoms with E-state index >= 15 is 0 Å². The topological polar surface area (TPSA) is 63.2 Å². The molecule has 2 rings (SSSR count). The lowest BCUT2D eigenvalue weighted by atomic mass is 10.2. The molecule has 0 aliphatic rings. The summed E-state index contributed by atoms with van der Waals surface area (Å²) in [6.07, 6.45) is -0.232. The summed E-state index contributed by atoms with van der Waals surface area (Å²) in [6, 6.07) is 10.1. The summed E-state index contributed by atoms with van der Waals surface area (Å²) in [7, 11) is 0. The highest BCUT2D eigenvalue weighted by atomic mass is 19.3. The van der Waals surface area contributed by atoms with Crippen molar-refractivity contribution in [3.8, 4) is 5.75 Å². The Morgan fingerprint density at radius 3 is 2.83 bits per heavy atom. The minimum atomic E-state index is -2.55. The third-order valence-electron chi connectivity index (χ3n) is 3.20. The molecule has 0 atom stereocenters. The van der Waals surface area contributed by atoms with Crippen LogP contribution in [-0.2, 0) is 6.42 Å². The number of carbonyl (C=O) groups is 1.